The number of nitrogens with two attached hydrogens (primary N) is 1. The number of benzene rings is 2. The molecule has 3 aromatic rings. The maximum Gasteiger partial charge on any atom is 0.112 e. The normalized spacial score (nSPS) is 16.2. The van der Waals surface area contributed by atoms with Crippen LogP contribution in [0.4, 0.5) is 0 Å². The molecule has 106 valence electrons. The highest BCUT2D eigenvalue weighted by Gasteiger charge is 2.28. The number of fused-ring (bicyclic) bond motifs is 1. The summed E-state index contributed by atoms with van der Waals surface area (Å²) >= 11 is 0. The molecule has 1 aliphatic rings. The van der Waals surface area contributed by atoms with Crippen molar-refractivity contribution in [1.82, 2.24) is 9.55 Å². The Morgan fingerprint density at radius 3 is 2.52 bits per heavy atom. The highest BCUT2D eigenvalue weighted by atomic mass is 15.1. The fourth-order valence-electron chi connectivity index (χ4n) is 2.99. The molecule has 3 heteroatoms. The first-order chi connectivity index (χ1) is 10.3. The first kappa shape index (κ1) is 12.6. The Kier molecular flexibility index (Phi) is 3.00. The topological polar surface area (TPSA) is 43.8 Å². The number of para-hydroxylation sites is 2. The lowest BCUT2D eigenvalue weighted by Crippen LogP contribution is -2.16. The van der Waals surface area contributed by atoms with Crippen LogP contribution >= 0.6 is 0 Å². The van der Waals surface area contributed by atoms with E-state index in [2.05, 4.69) is 34.9 Å². The van der Waals surface area contributed by atoms with Crippen molar-refractivity contribution in [3.05, 3.63) is 66.0 Å². The molecule has 1 saturated carbocycles. The molecule has 0 aliphatic heterocycles. The van der Waals surface area contributed by atoms with Gasteiger partial charge >= 0.3 is 0 Å². The van der Waals surface area contributed by atoms with Crippen molar-refractivity contribution in [3.8, 4) is 0 Å². The summed E-state index contributed by atoms with van der Waals surface area (Å²) in [6.45, 7) is 0. The zero-order chi connectivity index (χ0) is 14.2. The number of rotatable bonds is 4. The summed E-state index contributed by atoms with van der Waals surface area (Å²) in [7, 11) is 0. The summed E-state index contributed by atoms with van der Waals surface area (Å²) in [6.07, 6.45) is 3.30. The van der Waals surface area contributed by atoms with Crippen LogP contribution in [0.5, 0.6) is 0 Å². The minimum absolute atomic E-state index is 0.000474. The molecular weight excluding hydrogens is 258 g/mol. The van der Waals surface area contributed by atoms with Gasteiger partial charge in [0.15, 0.2) is 0 Å². The van der Waals surface area contributed by atoms with Crippen molar-refractivity contribution >= 4 is 11.0 Å². The molecule has 2 N–H and O–H groups in total. The highest BCUT2D eigenvalue weighted by molar-refractivity contribution is 5.76. The van der Waals surface area contributed by atoms with Gasteiger partial charge in [0, 0.05) is 18.5 Å². The lowest BCUT2D eigenvalue weighted by molar-refractivity contribution is 0.630. The van der Waals surface area contributed by atoms with E-state index in [1.165, 1.54) is 23.9 Å². The maximum absolute atomic E-state index is 6.38. The van der Waals surface area contributed by atoms with Crippen LogP contribution in [-0.2, 0) is 6.42 Å². The van der Waals surface area contributed by atoms with Gasteiger partial charge in [0.1, 0.15) is 5.82 Å². The fraction of sp³-hybridized carbons (Fsp3) is 0.278. The fourth-order valence-corrected chi connectivity index (χ4v) is 2.99. The van der Waals surface area contributed by atoms with Crippen LogP contribution in [0.3, 0.4) is 0 Å². The van der Waals surface area contributed by atoms with Gasteiger partial charge in [-0.3, -0.25) is 0 Å². The molecule has 0 amide bonds. The second kappa shape index (κ2) is 5.01. The van der Waals surface area contributed by atoms with Gasteiger partial charge in [-0.2, -0.15) is 0 Å². The highest BCUT2D eigenvalue weighted by Crippen LogP contribution is 2.39. The van der Waals surface area contributed by atoms with E-state index < -0.39 is 0 Å². The predicted octanol–water partition coefficient (Wildman–Crippen LogP) is 3.61. The monoisotopic (exact) mass is 277 g/mol. The van der Waals surface area contributed by atoms with E-state index in [4.69, 9.17) is 10.7 Å². The summed E-state index contributed by atoms with van der Waals surface area (Å²) < 4.78 is 2.40. The number of nitrogens with zero attached hydrogens (tertiary/aromatic N) is 2. The Morgan fingerprint density at radius 2 is 1.76 bits per heavy atom. The minimum atomic E-state index is 0.000474. The third-order valence-corrected chi connectivity index (χ3v) is 4.21. The second-order valence-electron chi connectivity index (χ2n) is 5.84. The first-order valence-corrected chi connectivity index (χ1v) is 7.59. The molecule has 1 aromatic heterocycles. The quantitative estimate of drug-likeness (QED) is 0.791. The molecule has 0 saturated heterocycles. The van der Waals surface area contributed by atoms with E-state index in [-0.39, 0.29) is 6.04 Å². The van der Waals surface area contributed by atoms with Gasteiger partial charge < -0.3 is 10.3 Å². The molecule has 1 unspecified atom stereocenters. The van der Waals surface area contributed by atoms with E-state index in [1.54, 1.807) is 0 Å². The van der Waals surface area contributed by atoms with E-state index >= 15 is 0 Å². The van der Waals surface area contributed by atoms with Gasteiger partial charge in [0.2, 0.25) is 0 Å². The van der Waals surface area contributed by atoms with Crippen molar-refractivity contribution in [2.45, 2.75) is 31.3 Å². The van der Waals surface area contributed by atoms with Crippen LogP contribution in [0.25, 0.3) is 11.0 Å². The van der Waals surface area contributed by atoms with Gasteiger partial charge in [-0.25, -0.2) is 4.98 Å². The molecule has 21 heavy (non-hydrogen) atoms. The van der Waals surface area contributed by atoms with E-state index in [9.17, 15) is 0 Å². The molecular formula is C18H19N3. The van der Waals surface area contributed by atoms with E-state index in [1.807, 2.05) is 24.3 Å². The zero-order valence-electron chi connectivity index (χ0n) is 11.9. The van der Waals surface area contributed by atoms with Gasteiger partial charge in [0.05, 0.1) is 11.0 Å². The molecule has 0 radical (unpaired) electrons. The lowest BCUT2D eigenvalue weighted by atomic mass is 10.0. The van der Waals surface area contributed by atoms with Gasteiger partial charge in [-0.1, -0.05) is 42.5 Å². The largest absolute Gasteiger partial charge is 0.325 e. The summed E-state index contributed by atoms with van der Waals surface area (Å²) in [5.41, 5.74) is 9.89. The van der Waals surface area contributed by atoms with E-state index in [0.29, 0.717) is 6.04 Å². The molecule has 1 atom stereocenters. The molecule has 0 bridgehead atoms. The number of hydrogen-bond acceptors (Lipinski definition) is 2. The number of hydrogen-bond donors (Lipinski definition) is 1. The van der Waals surface area contributed by atoms with Crippen LogP contribution in [0.2, 0.25) is 0 Å². The molecule has 1 heterocycles. The number of imidazole rings is 1. The van der Waals surface area contributed by atoms with Crippen molar-refractivity contribution in [3.63, 3.8) is 0 Å². The molecule has 0 spiro atoms. The maximum atomic E-state index is 6.38. The molecule has 4 rings (SSSR count). The van der Waals surface area contributed by atoms with Crippen LogP contribution in [0, 0.1) is 0 Å². The van der Waals surface area contributed by atoms with Crippen LogP contribution < -0.4 is 5.73 Å². The second-order valence-corrected chi connectivity index (χ2v) is 5.84. The van der Waals surface area contributed by atoms with Crippen LogP contribution in [0.1, 0.15) is 36.3 Å². The van der Waals surface area contributed by atoms with Crippen molar-refractivity contribution in [2.75, 3.05) is 0 Å². The Hall–Kier alpha value is -2.13. The Bertz CT molecular complexity index is 756. The number of aromatic nitrogens is 2. The van der Waals surface area contributed by atoms with Gasteiger partial charge in [0.25, 0.3) is 0 Å². The molecule has 2 aromatic carbocycles. The smallest absolute Gasteiger partial charge is 0.112 e. The summed E-state index contributed by atoms with van der Waals surface area (Å²) in [5, 5.41) is 0. The molecule has 3 nitrogen and oxygen atoms in total. The van der Waals surface area contributed by atoms with Crippen LogP contribution in [-0.4, -0.2) is 9.55 Å². The summed E-state index contributed by atoms with van der Waals surface area (Å²) in [6, 6.07) is 19.3. The summed E-state index contributed by atoms with van der Waals surface area (Å²) in [4.78, 5) is 4.82. The van der Waals surface area contributed by atoms with Crippen molar-refractivity contribution in [2.24, 2.45) is 5.73 Å². The average molecular weight is 277 g/mol. The first-order valence-electron chi connectivity index (χ1n) is 7.59. The Labute approximate surface area is 124 Å². The average Bonchev–Trinajstić information content (AvgIpc) is 3.29. The SMILES string of the molecule is NC(Cc1nc2ccccc2n1C1CC1)c1ccccc1. The third-order valence-electron chi connectivity index (χ3n) is 4.21. The molecule has 1 aliphatic carbocycles. The van der Waals surface area contributed by atoms with Gasteiger partial charge in [-0.15, -0.1) is 0 Å². The Morgan fingerprint density at radius 1 is 1.05 bits per heavy atom. The standard InChI is InChI=1S/C18H19N3/c19-15(13-6-2-1-3-7-13)12-18-20-16-8-4-5-9-17(16)21(18)14-10-11-14/h1-9,14-15H,10-12,19H2. The van der Waals surface area contributed by atoms with Crippen LogP contribution in [0.15, 0.2) is 54.6 Å². The Balaban J connectivity index is 1.71. The van der Waals surface area contributed by atoms with E-state index in [0.717, 1.165) is 17.8 Å². The van der Waals surface area contributed by atoms with Crippen molar-refractivity contribution in [1.29, 1.82) is 0 Å². The van der Waals surface area contributed by atoms with Crippen molar-refractivity contribution < 1.29 is 0 Å². The lowest BCUT2D eigenvalue weighted by Gasteiger charge is -2.13. The minimum Gasteiger partial charge on any atom is -0.325 e. The zero-order valence-corrected chi connectivity index (χ0v) is 11.9. The predicted molar refractivity (Wildman–Crippen MR) is 85.1 cm³/mol. The molecule has 1 fully saturated rings. The summed E-state index contributed by atoms with van der Waals surface area (Å²) in [5.74, 6) is 1.12. The van der Waals surface area contributed by atoms with Gasteiger partial charge in [-0.05, 0) is 30.5 Å². The third kappa shape index (κ3) is 2.34.